The highest BCUT2D eigenvalue weighted by molar-refractivity contribution is 6.05. The minimum absolute atomic E-state index is 0.180. The molecule has 0 aliphatic carbocycles. The van der Waals surface area contributed by atoms with E-state index in [0.29, 0.717) is 19.2 Å². The van der Waals surface area contributed by atoms with E-state index in [1.807, 2.05) is 73.3 Å². The van der Waals surface area contributed by atoms with Gasteiger partial charge in [0, 0.05) is 18.2 Å². The molecule has 0 amide bonds. The first-order valence-electron chi connectivity index (χ1n) is 8.86. The zero-order chi connectivity index (χ0) is 19.3. The van der Waals surface area contributed by atoms with Crippen molar-refractivity contribution in [2.24, 2.45) is 21.5 Å². The van der Waals surface area contributed by atoms with E-state index >= 15 is 0 Å². The van der Waals surface area contributed by atoms with E-state index in [1.54, 1.807) is 0 Å². The molecule has 1 aliphatic heterocycles. The lowest BCUT2D eigenvalue weighted by atomic mass is 10.1. The van der Waals surface area contributed by atoms with Gasteiger partial charge in [0.15, 0.2) is 0 Å². The molecule has 0 saturated heterocycles. The lowest BCUT2D eigenvalue weighted by Gasteiger charge is -2.38. The number of nitrogens with zero attached hydrogens (tertiary/aromatic N) is 3. The minimum atomic E-state index is -0.627. The maximum absolute atomic E-state index is 6.08. The first kappa shape index (κ1) is 18.6. The Balaban J connectivity index is 1.57. The highest BCUT2D eigenvalue weighted by Gasteiger charge is 2.33. The van der Waals surface area contributed by atoms with Gasteiger partial charge < -0.3 is 20.9 Å². The minimum Gasteiger partial charge on any atom is -0.493 e. The van der Waals surface area contributed by atoms with Crippen LogP contribution in [0.2, 0.25) is 0 Å². The van der Waals surface area contributed by atoms with E-state index in [-0.39, 0.29) is 5.96 Å². The van der Waals surface area contributed by atoms with Crippen LogP contribution >= 0.6 is 0 Å². The number of aliphatic imine (C=N–C) groups is 2. The van der Waals surface area contributed by atoms with Crippen LogP contribution in [0, 0.1) is 0 Å². The number of nitrogens with two attached hydrogens (primary N) is 2. The summed E-state index contributed by atoms with van der Waals surface area (Å²) in [6.45, 7) is 5.00. The maximum Gasteiger partial charge on any atom is 0.220 e. The van der Waals surface area contributed by atoms with Crippen LogP contribution < -0.4 is 25.8 Å². The fourth-order valence-corrected chi connectivity index (χ4v) is 2.92. The smallest absolute Gasteiger partial charge is 0.220 e. The lowest BCUT2D eigenvalue weighted by Crippen LogP contribution is -2.54. The molecule has 2 aromatic carbocycles. The molecule has 0 atom stereocenters. The second-order valence-electron chi connectivity index (χ2n) is 6.63. The van der Waals surface area contributed by atoms with Gasteiger partial charge in [-0.15, -0.1) is 0 Å². The summed E-state index contributed by atoms with van der Waals surface area (Å²) in [7, 11) is 0. The van der Waals surface area contributed by atoms with Gasteiger partial charge in [-0.2, -0.15) is 4.99 Å². The third kappa shape index (κ3) is 4.69. The highest BCUT2D eigenvalue weighted by Crippen LogP contribution is 2.29. The summed E-state index contributed by atoms with van der Waals surface area (Å²) < 4.78 is 11.5. The quantitative estimate of drug-likeness (QED) is 0.733. The molecule has 7 nitrogen and oxygen atoms in total. The van der Waals surface area contributed by atoms with Crippen LogP contribution in [0.5, 0.6) is 11.5 Å². The third-order valence-electron chi connectivity index (χ3n) is 4.04. The number of anilines is 1. The lowest BCUT2D eigenvalue weighted by molar-refractivity contribution is 0.247. The SMILES string of the molecule is CC1(C)N=C(N)N=C(N)N1c1cccc(OCCCOc2ccccc2)c1. The van der Waals surface area contributed by atoms with E-state index in [9.17, 15) is 0 Å². The Hall–Kier alpha value is -3.22. The predicted octanol–water partition coefficient (Wildman–Crippen LogP) is 2.72. The van der Waals surface area contributed by atoms with Crippen LogP contribution in [0.25, 0.3) is 0 Å². The molecule has 0 unspecified atom stereocenters. The fourth-order valence-electron chi connectivity index (χ4n) is 2.92. The summed E-state index contributed by atoms with van der Waals surface area (Å²) in [6.07, 6.45) is 0.777. The average molecular weight is 367 g/mol. The predicted molar refractivity (Wildman–Crippen MR) is 108 cm³/mol. The molecule has 0 saturated carbocycles. The Morgan fingerprint density at radius 1 is 0.926 bits per heavy atom. The van der Waals surface area contributed by atoms with Crippen LogP contribution in [0.4, 0.5) is 5.69 Å². The van der Waals surface area contributed by atoms with Crippen molar-refractivity contribution < 1.29 is 9.47 Å². The zero-order valence-corrected chi connectivity index (χ0v) is 15.6. The van der Waals surface area contributed by atoms with Gasteiger partial charge in [-0.1, -0.05) is 24.3 Å². The Kier molecular flexibility index (Phi) is 5.49. The average Bonchev–Trinajstić information content (AvgIpc) is 2.61. The second-order valence-corrected chi connectivity index (χ2v) is 6.63. The molecule has 1 aliphatic rings. The molecule has 7 heteroatoms. The van der Waals surface area contributed by atoms with Gasteiger partial charge in [0.05, 0.1) is 13.2 Å². The second kappa shape index (κ2) is 7.99. The van der Waals surface area contributed by atoms with Gasteiger partial charge in [0.25, 0.3) is 0 Å². The highest BCUT2D eigenvalue weighted by atomic mass is 16.5. The third-order valence-corrected chi connectivity index (χ3v) is 4.04. The normalized spacial score (nSPS) is 15.7. The molecular weight excluding hydrogens is 342 g/mol. The van der Waals surface area contributed by atoms with Crippen molar-refractivity contribution >= 4 is 17.6 Å². The van der Waals surface area contributed by atoms with E-state index in [0.717, 1.165) is 23.6 Å². The Morgan fingerprint density at radius 2 is 1.59 bits per heavy atom. The van der Waals surface area contributed by atoms with Crippen molar-refractivity contribution in [1.82, 2.24) is 0 Å². The number of para-hydroxylation sites is 1. The Morgan fingerprint density at radius 3 is 2.30 bits per heavy atom. The van der Waals surface area contributed by atoms with E-state index < -0.39 is 5.66 Å². The molecule has 0 fully saturated rings. The van der Waals surface area contributed by atoms with Gasteiger partial charge >= 0.3 is 0 Å². The Labute approximate surface area is 159 Å². The van der Waals surface area contributed by atoms with Crippen LogP contribution in [-0.4, -0.2) is 30.8 Å². The van der Waals surface area contributed by atoms with Crippen LogP contribution in [0.3, 0.4) is 0 Å². The molecule has 4 N–H and O–H groups in total. The van der Waals surface area contributed by atoms with E-state index in [1.165, 1.54) is 0 Å². The maximum atomic E-state index is 6.08. The Bertz CT molecular complexity index is 833. The van der Waals surface area contributed by atoms with E-state index in [2.05, 4.69) is 9.98 Å². The summed E-state index contributed by atoms with van der Waals surface area (Å²) in [6, 6.07) is 17.4. The summed E-state index contributed by atoms with van der Waals surface area (Å²) in [5.41, 5.74) is 12.0. The van der Waals surface area contributed by atoms with Crippen LogP contribution in [0.15, 0.2) is 64.6 Å². The van der Waals surface area contributed by atoms with E-state index in [4.69, 9.17) is 20.9 Å². The molecule has 3 rings (SSSR count). The topological polar surface area (TPSA) is 98.5 Å². The van der Waals surface area contributed by atoms with Crippen LogP contribution in [-0.2, 0) is 0 Å². The monoisotopic (exact) mass is 367 g/mol. The van der Waals surface area contributed by atoms with Gasteiger partial charge in [0.2, 0.25) is 11.9 Å². The number of guanidine groups is 2. The largest absolute Gasteiger partial charge is 0.493 e. The van der Waals surface area contributed by atoms with Crippen molar-refractivity contribution in [1.29, 1.82) is 0 Å². The molecule has 0 bridgehead atoms. The van der Waals surface area contributed by atoms with Gasteiger partial charge in [0.1, 0.15) is 17.2 Å². The summed E-state index contributed by atoms with van der Waals surface area (Å²) in [5, 5.41) is 0. The van der Waals surface area contributed by atoms with Crippen LogP contribution in [0.1, 0.15) is 20.3 Å². The first-order valence-corrected chi connectivity index (χ1v) is 8.86. The number of ether oxygens (including phenoxy) is 2. The molecule has 0 spiro atoms. The van der Waals surface area contributed by atoms with Gasteiger partial charge in [-0.3, -0.25) is 4.90 Å². The first-order chi connectivity index (χ1) is 13.0. The number of rotatable bonds is 7. The van der Waals surface area contributed by atoms with Crippen molar-refractivity contribution in [3.63, 3.8) is 0 Å². The molecular formula is C20H25N5O2. The van der Waals surface area contributed by atoms with Gasteiger partial charge in [-0.05, 0) is 38.1 Å². The molecule has 0 radical (unpaired) electrons. The molecule has 2 aromatic rings. The number of hydrogen-bond donors (Lipinski definition) is 2. The number of hydrogen-bond acceptors (Lipinski definition) is 7. The summed E-state index contributed by atoms with van der Waals surface area (Å²) in [5.74, 6) is 2.10. The van der Waals surface area contributed by atoms with Crippen molar-refractivity contribution in [2.75, 3.05) is 18.1 Å². The fraction of sp³-hybridized carbons (Fsp3) is 0.300. The summed E-state index contributed by atoms with van der Waals surface area (Å²) in [4.78, 5) is 10.3. The van der Waals surface area contributed by atoms with Crippen molar-refractivity contribution in [3.8, 4) is 11.5 Å². The molecule has 0 aromatic heterocycles. The standard InChI is InChI=1S/C20H25N5O2/c1-20(2)24-18(21)23-19(22)25(20)15-8-6-11-17(14-15)27-13-7-12-26-16-9-4-3-5-10-16/h3-6,8-11,14H,7,12-13H2,1-2H3,(H4,21,22,23,24). The van der Waals surface area contributed by atoms with Gasteiger partial charge in [-0.25, -0.2) is 4.99 Å². The van der Waals surface area contributed by atoms with Crippen molar-refractivity contribution in [2.45, 2.75) is 25.9 Å². The molecule has 142 valence electrons. The van der Waals surface area contributed by atoms with Crippen molar-refractivity contribution in [3.05, 3.63) is 54.6 Å². The summed E-state index contributed by atoms with van der Waals surface area (Å²) >= 11 is 0. The zero-order valence-electron chi connectivity index (χ0n) is 15.6. The molecule has 27 heavy (non-hydrogen) atoms. The molecule has 1 heterocycles. The number of benzene rings is 2.